The molecule has 3 rings (SSSR count). The van der Waals surface area contributed by atoms with E-state index in [1.54, 1.807) is 18.2 Å². The quantitative estimate of drug-likeness (QED) is 0.878. The van der Waals surface area contributed by atoms with Gasteiger partial charge in [0.05, 0.1) is 0 Å². The van der Waals surface area contributed by atoms with Crippen LogP contribution in [0.25, 0.3) is 0 Å². The Bertz CT molecular complexity index is 524. The van der Waals surface area contributed by atoms with Crippen LogP contribution in [0.1, 0.15) is 41.6 Å². The second-order valence-corrected chi connectivity index (χ2v) is 6.29. The molecular weight excluding hydrogens is 264 g/mol. The molecular formula is C17H24N2O2. The molecule has 0 aromatic heterocycles. The number of hydrogen-bond donors (Lipinski definition) is 2. The lowest BCUT2D eigenvalue weighted by Crippen LogP contribution is -2.44. The molecule has 1 unspecified atom stereocenters. The first-order valence-corrected chi connectivity index (χ1v) is 7.98. The van der Waals surface area contributed by atoms with Gasteiger partial charge in [-0.05, 0) is 75.4 Å². The number of phenols is 1. The molecule has 0 radical (unpaired) electrons. The Hall–Kier alpha value is -1.55. The van der Waals surface area contributed by atoms with Gasteiger partial charge in [0.15, 0.2) is 0 Å². The number of hydrogen-bond acceptors (Lipinski definition) is 3. The second kappa shape index (κ2) is 6.06. The zero-order valence-electron chi connectivity index (χ0n) is 12.6. The van der Waals surface area contributed by atoms with E-state index >= 15 is 0 Å². The highest BCUT2D eigenvalue weighted by atomic mass is 16.3. The minimum atomic E-state index is 0.133. The lowest BCUT2D eigenvalue weighted by atomic mass is 9.88. The minimum absolute atomic E-state index is 0.133. The summed E-state index contributed by atoms with van der Waals surface area (Å²) in [5, 5.41) is 12.9. The molecule has 1 atom stereocenters. The van der Waals surface area contributed by atoms with Gasteiger partial charge in [0.1, 0.15) is 5.75 Å². The molecule has 114 valence electrons. The number of likely N-dealkylation sites (tertiary alicyclic amines) is 1. The Morgan fingerprint density at radius 2 is 2.05 bits per heavy atom. The lowest BCUT2D eigenvalue weighted by molar-refractivity contribution is 0.0665. The number of amides is 1. The molecule has 2 heterocycles. The first-order chi connectivity index (χ1) is 10.2. The highest BCUT2D eigenvalue weighted by Gasteiger charge is 2.35. The third-order valence-electron chi connectivity index (χ3n) is 4.93. The molecule has 0 bridgehead atoms. The average Bonchev–Trinajstić information content (AvgIpc) is 2.97. The molecule has 4 nitrogen and oxygen atoms in total. The normalized spacial score (nSPS) is 23.5. The number of carbonyl (C=O) groups excluding carboxylic acids is 1. The molecule has 2 saturated heterocycles. The largest absolute Gasteiger partial charge is 0.508 e. The van der Waals surface area contributed by atoms with Gasteiger partial charge in [-0.2, -0.15) is 0 Å². The zero-order valence-corrected chi connectivity index (χ0v) is 12.6. The molecule has 0 aliphatic carbocycles. The van der Waals surface area contributed by atoms with Crippen molar-refractivity contribution in [3.8, 4) is 5.75 Å². The van der Waals surface area contributed by atoms with Gasteiger partial charge >= 0.3 is 0 Å². The monoisotopic (exact) mass is 288 g/mol. The number of rotatable bonds is 2. The number of piperidine rings is 1. The Morgan fingerprint density at radius 3 is 2.76 bits per heavy atom. The van der Waals surface area contributed by atoms with Crippen LogP contribution in [0.15, 0.2) is 18.2 Å². The Labute approximate surface area is 126 Å². The highest BCUT2D eigenvalue weighted by Crippen LogP contribution is 2.31. The van der Waals surface area contributed by atoms with Crippen molar-refractivity contribution < 1.29 is 9.90 Å². The lowest BCUT2D eigenvalue weighted by Gasteiger charge is -2.34. The average molecular weight is 288 g/mol. The van der Waals surface area contributed by atoms with Gasteiger partial charge in [0, 0.05) is 18.2 Å². The fourth-order valence-corrected chi connectivity index (χ4v) is 3.81. The fourth-order valence-electron chi connectivity index (χ4n) is 3.81. The standard InChI is InChI=1S/C17H24N2O2/c1-12-11-14(20)4-5-15(12)17(21)19-10-2-3-16(19)13-6-8-18-9-7-13/h4-5,11,13,16,18,20H,2-3,6-10H2,1H3. The van der Waals surface area contributed by atoms with E-state index in [0.717, 1.165) is 43.6 Å². The van der Waals surface area contributed by atoms with Crippen LogP contribution in [0.4, 0.5) is 0 Å². The molecule has 4 heteroatoms. The van der Waals surface area contributed by atoms with E-state index in [1.165, 1.54) is 12.8 Å². The third-order valence-corrected chi connectivity index (χ3v) is 4.93. The van der Waals surface area contributed by atoms with Crippen molar-refractivity contribution in [1.29, 1.82) is 0 Å². The van der Waals surface area contributed by atoms with Gasteiger partial charge in [-0.15, -0.1) is 0 Å². The van der Waals surface area contributed by atoms with Crippen molar-refractivity contribution in [3.05, 3.63) is 29.3 Å². The molecule has 2 aliphatic heterocycles. The van der Waals surface area contributed by atoms with Crippen molar-refractivity contribution in [1.82, 2.24) is 10.2 Å². The summed E-state index contributed by atoms with van der Waals surface area (Å²) >= 11 is 0. The SMILES string of the molecule is Cc1cc(O)ccc1C(=O)N1CCCC1C1CCNCC1. The van der Waals surface area contributed by atoms with E-state index in [-0.39, 0.29) is 11.7 Å². The van der Waals surface area contributed by atoms with E-state index in [2.05, 4.69) is 10.2 Å². The van der Waals surface area contributed by atoms with E-state index in [0.29, 0.717) is 12.0 Å². The molecule has 2 fully saturated rings. The van der Waals surface area contributed by atoms with Crippen molar-refractivity contribution >= 4 is 5.91 Å². The van der Waals surface area contributed by atoms with Crippen molar-refractivity contribution in [2.75, 3.05) is 19.6 Å². The molecule has 21 heavy (non-hydrogen) atoms. The second-order valence-electron chi connectivity index (χ2n) is 6.29. The van der Waals surface area contributed by atoms with Gasteiger partial charge < -0.3 is 15.3 Å². The summed E-state index contributed by atoms with van der Waals surface area (Å²) in [6.07, 6.45) is 4.58. The fraction of sp³-hybridized carbons (Fsp3) is 0.588. The van der Waals surface area contributed by atoms with Crippen molar-refractivity contribution in [3.63, 3.8) is 0 Å². The Kier molecular flexibility index (Phi) is 4.15. The maximum absolute atomic E-state index is 12.9. The minimum Gasteiger partial charge on any atom is -0.508 e. The van der Waals surface area contributed by atoms with E-state index in [9.17, 15) is 9.90 Å². The van der Waals surface area contributed by atoms with E-state index < -0.39 is 0 Å². The number of nitrogens with one attached hydrogen (secondary N) is 1. The summed E-state index contributed by atoms with van der Waals surface area (Å²) in [7, 11) is 0. The predicted molar refractivity (Wildman–Crippen MR) is 82.5 cm³/mol. The molecule has 1 aromatic carbocycles. The number of benzene rings is 1. The Morgan fingerprint density at radius 1 is 1.29 bits per heavy atom. The summed E-state index contributed by atoms with van der Waals surface area (Å²) in [4.78, 5) is 14.9. The van der Waals surface area contributed by atoms with Crippen molar-refractivity contribution in [2.45, 2.75) is 38.6 Å². The van der Waals surface area contributed by atoms with Crippen LogP contribution in [0.2, 0.25) is 0 Å². The summed E-state index contributed by atoms with van der Waals surface area (Å²) < 4.78 is 0. The van der Waals surface area contributed by atoms with E-state index in [1.807, 2.05) is 6.92 Å². The van der Waals surface area contributed by atoms with Crippen LogP contribution in [0.5, 0.6) is 5.75 Å². The Balaban J connectivity index is 1.79. The van der Waals surface area contributed by atoms with Gasteiger partial charge in [-0.25, -0.2) is 0 Å². The third kappa shape index (κ3) is 2.91. The van der Waals surface area contributed by atoms with Gasteiger partial charge in [0.2, 0.25) is 0 Å². The van der Waals surface area contributed by atoms with Crippen LogP contribution in [-0.4, -0.2) is 41.6 Å². The van der Waals surface area contributed by atoms with Gasteiger partial charge in [0.25, 0.3) is 5.91 Å². The first kappa shape index (κ1) is 14.4. The number of carbonyl (C=O) groups is 1. The summed E-state index contributed by atoms with van der Waals surface area (Å²) in [6.45, 7) is 4.90. The summed E-state index contributed by atoms with van der Waals surface area (Å²) in [5.41, 5.74) is 1.59. The van der Waals surface area contributed by atoms with Gasteiger partial charge in [-0.1, -0.05) is 0 Å². The molecule has 0 spiro atoms. The molecule has 1 amide bonds. The van der Waals surface area contributed by atoms with Crippen LogP contribution in [-0.2, 0) is 0 Å². The first-order valence-electron chi connectivity index (χ1n) is 7.98. The maximum Gasteiger partial charge on any atom is 0.254 e. The maximum atomic E-state index is 12.9. The smallest absolute Gasteiger partial charge is 0.254 e. The van der Waals surface area contributed by atoms with Crippen LogP contribution in [0, 0.1) is 12.8 Å². The van der Waals surface area contributed by atoms with E-state index in [4.69, 9.17) is 0 Å². The van der Waals surface area contributed by atoms with Crippen LogP contribution in [0.3, 0.4) is 0 Å². The number of aromatic hydroxyl groups is 1. The molecule has 2 N–H and O–H groups in total. The highest BCUT2D eigenvalue weighted by molar-refractivity contribution is 5.96. The van der Waals surface area contributed by atoms with Crippen LogP contribution < -0.4 is 5.32 Å². The van der Waals surface area contributed by atoms with Crippen molar-refractivity contribution in [2.24, 2.45) is 5.92 Å². The molecule has 2 aliphatic rings. The topological polar surface area (TPSA) is 52.6 Å². The number of nitrogens with zero attached hydrogens (tertiary/aromatic N) is 1. The number of aryl methyl sites for hydroxylation is 1. The molecule has 0 saturated carbocycles. The summed E-state index contributed by atoms with van der Waals surface area (Å²) in [6, 6.07) is 5.43. The molecule has 1 aromatic rings. The predicted octanol–water partition coefficient (Wildman–Crippen LogP) is 2.30. The summed E-state index contributed by atoms with van der Waals surface area (Å²) in [5.74, 6) is 0.990. The van der Waals surface area contributed by atoms with Gasteiger partial charge in [-0.3, -0.25) is 4.79 Å². The van der Waals surface area contributed by atoms with Crippen LogP contribution >= 0.6 is 0 Å². The number of phenolic OH excluding ortho intramolecular Hbond substituents is 1. The zero-order chi connectivity index (χ0) is 14.8.